The molecule has 2 aromatic carbocycles. The van der Waals surface area contributed by atoms with Gasteiger partial charge >= 0.3 is 6.02 Å². The molecule has 0 amide bonds. The van der Waals surface area contributed by atoms with Crippen molar-refractivity contribution in [3.63, 3.8) is 0 Å². The lowest BCUT2D eigenvalue weighted by Crippen LogP contribution is -2.11. The largest absolute Gasteiger partial charge is 0.467 e. The Kier molecular flexibility index (Phi) is 6.55. The summed E-state index contributed by atoms with van der Waals surface area (Å²) < 4.78 is 5.46. The maximum absolute atomic E-state index is 6.46. The number of benzene rings is 2. The Morgan fingerprint density at radius 2 is 1.75 bits per heavy atom. The summed E-state index contributed by atoms with van der Waals surface area (Å²) in [6, 6.07) is 12.0. The van der Waals surface area contributed by atoms with Crippen LogP contribution in [0.25, 0.3) is 5.70 Å². The number of allylic oxidation sites excluding steroid dienone is 1. The molecule has 0 aromatic heterocycles. The average Bonchev–Trinajstić information content (AvgIpc) is 2.68. The van der Waals surface area contributed by atoms with Crippen LogP contribution in [0.3, 0.4) is 0 Å². The fourth-order valence-electron chi connectivity index (χ4n) is 3.11. The van der Waals surface area contributed by atoms with Gasteiger partial charge in [-0.05, 0) is 73.2 Å². The number of rotatable bonds is 3. The summed E-state index contributed by atoms with van der Waals surface area (Å²) in [7, 11) is 1.57. The van der Waals surface area contributed by atoms with Crippen LogP contribution in [0.5, 0.6) is 0 Å². The Morgan fingerprint density at radius 1 is 1.00 bits per heavy atom. The summed E-state index contributed by atoms with van der Waals surface area (Å²) in [4.78, 5) is 9.37. The zero-order chi connectivity index (χ0) is 20.3. The molecule has 2 aromatic rings. The summed E-state index contributed by atoms with van der Waals surface area (Å²) in [5.41, 5.74) is 12.5. The van der Waals surface area contributed by atoms with E-state index in [1.807, 2.05) is 43.3 Å². The summed E-state index contributed by atoms with van der Waals surface area (Å²) >= 11 is 12.6. The van der Waals surface area contributed by atoms with Crippen LogP contribution in [0.15, 0.2) is 52.0 Å². The number of aryl methyl sites for hydroxylation is 1. The zero-order valence-corrected chi connectivity index (χ0v) is 17.7. The number of hydrogen-bond acceptors (Lipinski definition) is 4. The lowest BCUT2D eigenvalue weighted by molar-refractivity contribution is 0.397. The molecule has 146 valence electrons. The molecule has 0 fully saturated rings. The molecule has 6 heteroatoms. The molecule has 3 rings (SSSR count). The average molecular weight is 416 g/mol. The first-order chi connectivity index (χ1) is 13.4. The Hall–Kier alpha value is -2.14. The number of amidine groups is 1. The second-order valence-corrected chi connectivity index (χ2v) is 7.58. The van der Waals surface area contributed by atoms with Crippen LogP contribution in [-0.4, -0.2) is 18.8 Å². The highest BCUT2D eigenvalue weighted by atomic mass is 35.5. The first-order valence-corrected chi connectivity index (χ1v) is 9.84. The first kappa shape index (κ1) is 20.6. The van der Waals surface area contributed by atoms with Crippen molar-refractivity contribution in [3.8, 4) is 0 Å². The minimum Gasteiger partial charge on any atom is -0.467 e. The van der Waals surface area contributed by atoms with Gasteiger partial charge in [-0.1, -0.05) is 35.3 Å². The van der Waals surface area contributed by atoms with Gasteiger partial charge in [0.25, 0.3) is 0 Å². The lowest BCUT2D eigenvalue weighted by atomic mass is 9.97. The standard InChI is InChI=1S/C22H23Cl2N3O/c1-13-4-9-20(16-6-8-18(23)14(2)10-16)26-22(28-3)27-21(13)17-11-15(12-25)5-7-19(17)24/h5-8,10-11H,4,9,12,25H2,1-3H3. The predicted molar refractivity (Wildman–Crippen MR) is 118 cm³/mol. The highest BCUT2D eigenvalue weighted by molar-refractivity contribution is 6.32. The van der Waals surface area contributed by atoms with Crippen LogP contribution in [0, 0.1) is 6.92 Å². The Morgan fingerprint density at radius 3 is 2.43 bits per heavy atom. The third kappa shape index (κ3) is 4.46. The van der Waals surface area contributed by atoms with Crippen LogP contribution in [0.4, 0.5) is 0 Å². The van der Waals surface area contributed by atoms with Gasteiger partial charge in [-0.2, -0.15) is 9.98 Å². The number of hydrogen-bond donors (Lipinski definition) is 1. The highest BCUT2D eigenvalue weighted by Gasteiger charge is 2.17. The molecule has 1 aliphatic rings. The summed E-state index contributed by atoms with van der Waals surface area (Å²) in [5, 5.41) is 1.37. The number of ether oxygens (including phenoxy) is 1. The maximum Gasteiger partial charge on any atom is 0.316 e. The van der Waals surface area contributed by atoms with Gasteiger partial charge in [-0.15, -0.1) is 0 Å². The summed E-state index contributed by atoms with van der Waals surface area (Å²) in [5.74, 6) is 0. The van der Waals surface area contributed by atoms with Crippen molar-refractivity contribution < 1.29 is 4.74 Å². The Balaban J connectivity index is 2.08. The third-order valence-electron chi connectivity index (χ3n) is 4.77. The lowest BCUT2D eigenvalue weighted by Gasteiger charge is -2.16. The van der Waals surface area contributed by atoms with Crippen LogP contribution < -0.4 is 5.73 Å². The monoisotopic (exact) mass is 415 g/mol. The smallest absolute Gasteiger partial charge is 0.316 e. The highest BCUT2D eigenvalue weighted by Crippen LogP contribution is 2.32. The summed E-state index contributed by atoms with van der Waals surface area (Å²) in [6.45, 7) is 4.49. The molecule has 0 radical (unpaired) electrons. The number of nitrogens with zero attached hydrogens (tertiary/aromatic N) is 2. The minimum atomic E-state index is 0.297. The normalized spacial score (nSPS) is 14.9. The van der Waals surface area contributed by atoms with Gasteiger partial charge in [0, 0.05) is 22.2 Å². The maximum atomic E-state index is 6.46. The molecule has 4 nitrogen and oxygen atoms in total. The minimum absolute atomic E-state index is 0.297. The van der Waals surface area contributed by atoms with E-state index in [-0.39, 0.29) is 0 Å². The van der Waals surface area contributed by atoms with E-state index in [1.165, 1.54) is 0 Å². The predicted octanol–water partition coefficient (Wildman–Crippen LogP) is 5.78. The van der Waals surface area contributed by atoms with Crippen LogP contribution >= 0.6 is 23.2 Å². The molecular weight excluding hydrogens is 393 g/mol. The third-order valence-corrected chi connectivity index (χ3v) is 5.53. The molecule has 0 bridgehead atoms. The van der Waals surface area contributed by atoms with Gasteiger partial charge in [0.2, 0.25) is 0 Å². The number of methoxy groups -OCH3 is 1. The van der Waals surface area contributed by atoms with E-state index in [9.17, 15) is 0 Å². The van der Waals surface area contributed by atoms with Gasteiger partial charge in [-0.3, -0.25) is 0 Å². The van der Waals surface area contributed by atoms with E-state index in [4.69, 9.17) is 38.7 Å². The molecule has 0 saturated heterocycles. The van der Waals surface area contributed by atoms with Crippen LogP contribution in [0.2, 0.25) is 10.0 Å². The quantitative estimate of drug-likeness (QED) is 0.690. The van der Waals surface area contributed by atoms with E-state index in [2.05, 4.69) is 11.9 Å². The topological polar surface area (TPSA) is 60.0 Å². The zero-order valence-electron chi connectivity index (χ0n) is 16.2. The molecule has 28 heavy (non-hydrogen) atoms. The van der Waals surface area contributed by atoms with Gasteiger partial charge in [-0.25, -0.2) is 0 Å². The van der Waals surface area contributed by atoms with Crippen LogP contribution in [-0.2, 0) is 11.3 Å². The number of nitrogens with two attached hydrogens (primary N) is 1. The first-order valence-electron chi connectivity index (χ1n) is 9.08. The van der Waals surface area contributed by atoms with Crippen molar-refractivity contribution in [2.75, 3.05) is 7.11 Å². The fraction of sp³-hybridized carbons (Fsp3) is 0.273. The second-order valence-electron chi connectivity index (χ2n) is 6.77. The number of halogens is 2. The van der Waals surface area contributed by atoms with Crippen molar-refractivity contribution in [2.24, 2.45) is 15.7 Å². The van der Waals surface area contributed by atoms with E-state index in [0.29, 0.717) is 17.6 Å². The Bertz CT molecular complexity index is 993. The van der Waals surface area contributed by atoms with E-state index < -0.39 is 0 Å². The molecule has 1 heterocycles. The Labute approximate surface area is 175 Å². The van der Waals surface area contributed by atoms with E-state index in [0.717, 1.165) is 57.1 Å². The van der Waals surface area contributed by atoms with Crippen molar-refractivity contribution in [1.82, 2.24) is 0 Å². The molecule has 0 unspecified atom stereocenters. The second kappa shape index (κ2) is 8.91. The molecule has 2 N–H and O–H groups in total. The fourth-order valence-corrected chi connectivity index (χ4v) is 3.43. The van der Waals surface area contributed by atoms with Crippen molar-refractivity contribution in [3.05, 3.63) is 74.3 Å². The van der Waals surface area contributed by atoms with E-state index >= 15 is 0 Å². The SMILES string of the molecule is COC1=NC(c2cc(CN)ccc2Cl)=C(C)CCC(c2ccc(Cl)c(C)c2)=N1. The molecule has 1 aliphatic heterocycles. The van der Waals surface area contributed by atoms with Crippen molar-refractivity contribution >= 4 is 40.6 Å². The molecular formula is C22H23Cl2N3O. The molecule has 0 aliphatic carbocycles. The number of aliphatic imine (C=N–C) groups is 2. The summed E-state index contributed by atoms with van der Waals surface area (Å²) in [6.07, 6.45) is 1.56. The van der Waals surface area contributed by atoms with Crippen molar-refractivity contribution in [1.29, 1.82) is 0 Å². The van der Waals surface area contributed by atoms with Crippen molar-refractivity contribution in [2.45, 2.75) is 33.2 Å². The van der Waals surface area contributed by atoms with Gasteiger partial charge < -0.3 is 10.5 Å². The molecule has 0 spiro atoms. The molecule has 0 saturated carbocycles. The van der Waals surface area contributed by atoms with E-state index in [1.54, 1.807) is 7.11 Å². The van der Waals surface area contributed by atoms with Gasteiger partial charge in [0.05, 0.1) is 18.5 Å². The van der Waals surface area contributed by atoms with Gasteiger partial charge in [0.1, 0.15) is 0 Å². The molecule has 0 atom stereocenters. The van der Waals surface area contributed by atoms with Gasteiger partial charge in [0.15, 0.2) is 0 Å². The van der Waals surface area contributed by atoms with Crippen LogP contribution in [0.1, 0.15) is 42.0 Å².